The number of pyridine rings is 2. The second-order valence-electron chi connectivity index (χ2n) is 35.9. The molecule has 5 saturated carbocycles. The van der Waals surface area contributed by atoms with Crippen LogP contribution in [0.3, 0.4) is 0 Å². The number of rotatable bonds is 27. The van der Waals surface area contributed by atoms with Crippen LogP contribution in [-0.2, 0) is 44.1 Å². The number of nitrogens with zero attached hydrogens (tertiary/aromatic N) is 2. The van der Waals surface area contributed by atoms with Gasteiger partial charge in [-0.15, -0.1) is 11.3 Å². The van der Waals surface area contributed by atoms with E-state index in [1.165, 1.54) is 249 Å². The number of nitrogens with one attached hydrogen (secondary N) is 5. The number of furan rings is 1. The summed E-state index contributed by atoms with van der Waals surface area (Å²) in [6.45, 7) is 29.6. The Morgan fingerprint density at radius 1 is 0.342 bits per heavy atom. The summed E-state index contributed by atoms with van der Waals surface area (Å²) in [5, 5.41) is 20.5. The second-order valence-corrected chi connectivity index (χ2v) is 37.0. The minimum Gasteiger partial charge on any atom is -0.462 e. The fourth-order valence-electron chi connectivity index (χ4n) is 18.1. The molecule has 0 amide bonds. The molecule has 0 saturated heterocycles. The first-order valence-corrected chi connectivity index (χ1v) is 46.7. The summed E-state index contributed by atoms with van der Waals surface area (Å²) in [4.78, 5) is 10.2. The largest absolute Gasteiger partial charge is 0.462 e. The molecule has 9 nitrogen and oxygen atoms in total. The minimum atomic E-state index is 0.524. The van der Waals surface area contributed by atoms with E-state index in [2.05, 4.69) is 263 Å². The van der Waals surface area contributed by atoms with Gasteiger partial charge in [0.05, 0.1) is 18.8 Å². The van der Waals surface area contributed by atoms with Crippen molar-refractivity contribution in [3.05, 3.63) is 288 Å². The van der Waals surface area contributed by atoms with Crippen LogP contribution < -0.4 is 26.6 Å². The van der Waals surface area contributed by atoms with Crippen molar-refractivity contribution in [2.75, 3.05) is 33.7 Å². The van der Waals surface area contributed by atoms with Crippen molar-refractivity contribution in [3.8, 4) is 0 Å². The van der Waals surface area contributed by atoms with Gasteiger partial charge in [-0.2, -0.15) is 0 Å². The van der Waals surface area contributed by atoms with Crippen molar-refractivity contribution in [1.82, 2.24) is 9.97 Å². The van der Waals surface area contributed by atoms with Gasteiger partial charge in [0, 0.05) is 78.1 Å². The summed E-state index contributed by atoms with van der Waals surface area (Å²) in [5.74, 6) is 8.38. The Labute approximate surface area is 711 Å². The molecule has 0 aliphatic heterocycles. The molecule has 4 aromatic heterocycles. The zero-order valence-corrected chi connectivity index (χ0v) is 74.6. The van der Waals surface area contributed by atoms with Crippen LogP contribution >= 0.6 is 11.3 Å². The van der Waals surface area contributed by atoms with Crippen LogP contribution in [0.25, 0.3) is 0 Å². The first kappa shape index (κ1) is 89.4. The van der Waals surface area contributed by atoms with Crippen LogP contribution in [0.4, 0.5) is 28.4 Å². The molecule has 0 atom stereocenters. The van der Waals surface area contributed by atoms with Gasteiger partial charge in [0.1, 0.15) is 18.1 Å². The molecule has 5 aliphatic carbocycles. The highest BCUT2D eigenvalue weighted by Crippen LogP contribution is 2.44. The zero-order chi connectivity index (χ0) is 82.1. The Morgan fingerprint density at radius 2 is 0.701 bits per heavy atom. The van der Waals surface area contributed by atoms with Gasteiger partial charge in [0.15, 0.2) is 0 Å². The molecule has 4 heterocycles. The molecule has 15 rings (SSSR count). The van der Waals surface area contributed by atoms with E-state index in [-0.39, 0.29) is 0 Å². The van der Waals surface area contributed by atoms with Crippen molar-refractivity contribution in [3.63, 3.8) is 0 Å². The van der Waals surface area contributed by atoms with E-state index < -0.39 is 0 Å². The number of hydrogen-bond acceptors (Lipinski definition) is 10. The van der Waals surface area contributed by atoms with Crippen LogP contribution in [0.5, 0.6) is 0 Å². The Kier molecular flexibility index (Phi) is 36.2. The highest BCUT2D eigenvalue weighted by molar-refractivity contribution is 7.09. The monoisotopic (exact) mass is 1590 g/mol. The maximum atomic E-state index is 5.81. The fraction of sp³-hybridized carbons (Fsp3) is 0.495. The van der Waals surface area contributed by atoms with Gasteiger partial charge in [-0.05, 0) is 269 Å². The van der Waals surface area contributed by atoms with Crippen LogP contribution in [0.15, 0.2) is 198 Å². The number of anilines is 5. The smallest absolute Gasteiger partial charge is 0.129 e. The maximum absolute atomic E-state index is 5.81. The average Bonchev–Trinajstić information content (AvgIpc) is 1.33. The predicted molar refractivity (Wildman–Crippen MR) is 502 cm³/mol. The zero-order valence-electron chi connectivity index (χ0n) is 73.8. The van der Waals surface area contributed by atoms with Crippen molar-refractivity contribution in [2.24, 2.45) is 0 Å². The van der Waals surface area contributed by atoms with Gasteiger partial charge >= 0.3 is 0 Å². The first-order valence-electron chi connectivity index (χ1n) is 45.8. The van der Waals surface area contributed by atoms with Gasteiger partial charge in [-0.3, -0.25) is 9.97 Å². The summed E-state index contributed by atoms with van der Waals surface area (Å²) in [6.07, 6.45) is 38.0. The van der Waals surface area contributed by atoms with Crippen molar-refractivity contribution in [1.29, 1.82) is 0 Å². The lowest BCUT2D eigenvalue weighted by Gasteiger charge is -2.26. The van der Waals surface area contributed by atoms with E-state index in [0.717, 1.165) is 66.8 Å². The first-order chi connectivity index (χ1) is 57.0. The summed E-state index contributed by atoms with van der Waals surface area (Å²) < 4.78 is 10.9. The molecule has 5 aliphatic rings. The number of ether oxygens (including phenoxy) is 1. The predicted octanol–water partition coefficient (Wildman–Crippen LogP) is 31.2. The van der Waals surface area contributed by atoms with E-state index in [9.17, 15) is 0 Å². The molecule has 117 heavy (non-hydrogen) atoms. The van der Waals surface area contributed by atoms with Gasteiger partial charge < -0.3 is 35.7 Å². The molecule has 5 N–H and O–H groups in total. The minimum absolute atomic E-state index is 0.524. The standard InChI is InChI=1S/C22H30N2.C22H31NO2.C22H29N.C21H28N2.C20H27NS/c1-16(2)20-11-12-22(21(13-20)19-7-5-4-6-8-19)24-15-18-10-9-17(3)23-14-18;1-16(2)18-9-12-22(21(13-18)17-7-5-4-6-8-17)23-14-19-10-11-20(25-19)15-24-3;1-17(2)20-13-14-22(23-16-18-9-5-3-6-10-18)21(15-20)19-11-7-4-8-12-19;1-16(2)18-11-12-21(23-15-19-10-6-7-13-22-19)20(14-18)17-8-4-3-5-9-17;1-15(2)17-10-11-20(21-14-18-9-6-12-22-18)19(13-17)16-7-4-3-5-8-16/h9-14,16,19,24H,4-8,15H2,1-3H3;9-13,16-17,23H,4-8,14-15H2,1-3H3;3,5-6,9-10,13-15,17,19,23H,4,7-8,11-12,16H2,1-2H3;6-7,10-14,16-17,23H,3-5,8-9,15H2,1-2H3;6,9-13,15-16,21H,3-5,7-8,14H2,1-2H3. The van der Waals surface area contributed by atoms with Crippen LogP contribution in [0.2, 0.25) is 0 Å². The number of aryl methyl sites for hydroxylation is 1. The van der Waals surface area contributed by atoms with E-state index in [1.54, 1.807) is 18.2 Å². The third kappa shape index (κ3) is 28.1. The molecule has 0 unspecified atom stereocenters. The summed E-state index contributed by atoms with van der Waals surface area (Å²) in [6, 6.07) is 64.5. The SMILES string of the molecule is CC(C)c1ccc(NCc2ccccc2)c(C2CCCCC2)c1.CC(C)c1ccc(NCc2ccccn2)c(C2CCCCC2)c1.CC(C)c1ccc(NCc2cccs2)c(C2CCCCC2)c1.COCc1ccc(CNc2ccc(C(C)C)cc2C2CCCCC2)o1.Cc1ccc(CNc2ccc(C(C)C)cc2C2CCCCC2)cn1. The summed E-state index contributed by atoms with van der Waals surface area (Å²) >= 11 is 1.83. The van der Waals surface area contributed by atoms with Gasteiger partial charge in [0.2, 0.25) is 0 Å². The van der Waals surface area contributed by atoms with Crippen LogP contribution in [0, 0.1) is 6.92 Å². The highest BCUT2D eigenvalue weighted by atomic mass is 32.1. The number of hydrogen-bond donors (Lipinski definition) is 5. The van der Waals surface area contributed by atoms with Crippen LogP contribution in [0.1, 0.15) is 383 Å². The van der Waals surface area contributed by atoms with E-state index in [4.69, 9.17) is 9.15 Å². The molecule has 0 bridgehead atoms. The Morgan fingerprint density at radius 3 is 1.04 bits per heavy atom. The lowest BCUT2D eigenvalue weighted by molar-refractivity contribution is 0.163. The highest BCUT2D eigenvalue weighted by Gasteiger charge is 2.26. The number of benzene rings is 6. The quantitative estimate of drug-likeness (QED) is 0.0344. The molecule has 10 aromatic rings. The molecule has 0 spiro atoms. The number of aromatic nitrogens is 2. The summed E-state index contributed by atoms with van der Waals surface area (Å²) in [7, 11) is 1.69. The topological polar surface area (TPSA) is 108 Å². The third-order valence-corrected chi connectivity index (χ3v) is 26.3. The normalized spacial score (nSPS) is 15.8. The third-order valence-electron chi connectivity index (χ3n) is 25.4. The van der Waals surface area contributed by atoms with E-state index in [1.807, 2.05) is 54.9 Å². The molecule has 0 radical (unpaired) electrons. The molecule has 5 fully saturated rings. The number of thiophene rings is 1. The lowest BCUT2D eigenvalue weighted by atomic mass is 9.82. The average molecular weight is 1590 g/mol. The van der Waals surface area contributed by atoms with Gasteiger partial charge in [0.25, 0.3) is 0 Å². The molecule has 626 valence electrons. The van der Waals surface area contributed by atoms with E-state index in [0.29, 0.717) is 54.6 Å². The van der Waals surface area contributed by atoms with Gasteiger partial charge in [-0.1, -0.05) is 275 Å². The molecule has 10 heteroatoms. The van der Waals surface area contributed by atoms with Crippen molar-refractivity contribution in [2.45, 2.75) is 335 Å². The Balaban J connectivity index is 0.000000144. The fourth-order valence-corrected chi connectivity index (χ4v) is 18.7. The molecule has 6 aromatic carbocycles. The Bertz CT molecular complexity index is 4340. The second kappa shape index (κ2) is 47.4. The molecular formula is C107H145N7O2S. The van der Waals surface area contributed by atoms with Crippen molar-refractivity contribution >= 4 is 39.8 Å². The van der Waals surface area contributed by atoms with Crippen LogP contribution in [-0.4, -0.2) is 17.1 Å². The van der Waals surface area contributed by atoms with Gasteiger partial charge in [-0.25, -0.2) is 0 Å². The number of methoxy groups -OCH3 is 1. The molecular weight excluding hydrogens is 1450 g/mol. The van der Waals surface area contributed by atoms with E-state index >= 15 is 0 Å². The lowest BCUT2D eigenvalue weighted by Crippen LogP contribution is -2.10. The Hall–Kier alpha value is -8.44. The van der Waals surface area contributed by atoms with Crippen molar-refractivity contribution < 1.29 is 9.15 Å². The summed E-state index contributed by atoms with van der Waals surface area (Å²) in [5.41, 5.74) is 26.2. The maximum Gasteiger partial charge on any atom is 0.129 e.